The predicted molar refractivity (Wildman–Crippen MR) is 114 cm³/mol. The van der Waals surface area contributed by atoms with Gasteiger partial charge in [0, 0.05) is 11.1 Å². The van der Waals surface area contributed by atoms with Crippen LogP contribution in [0.5, 0.6) is 5.88 Å². The van der Waals surface area contributed by atoms with Gasteiger partial charge in [0.1, 0.15) is 11.6 Å². The second-order valence-corrected chi connectivity index (χ2v) is 6.62. The number of hydrogen-bond acceptors (Lipinski definition) is 5. The Kier molecular flexibility index (Phi) is 5.15. The van der Waals surface area contributed by atoms with Crippen LogP contribution >= 0.6 is 0 Å². The van der Waals surface area contributed by atoms with E-state index in [2.05, 4.69) is 11.1 Å². The van der Waals surface area contributed by atoms with Crippen molar-refractivity contribution >= 4 is 5.97 Å². The van der Waals surface area contributed by atoms with E-state index in [0.717, 1.165) is 22.3 Å². The Morgan fingerprint density at radius 1 is 0.867 bits per heavy atom. The van der Waals surface area contributed by atoms with E-state index >= 15 is 0 Å². The molecule has 0 aliphatic heterocycles. The topological polar surface area (TPSA) is 72.2 Å². The minimum atomic E-state index is -0.415. The maximum atomic E-state index is 12.4. The summed E-state index contributed by atoms with van der Waals surface area (Å²) in [7, 11) is 2.85. The van der Waals surface area contributed by atoms with Gasteiger partial charge in [-0.1, -0.05) is 60.7 Å². The molecule has 2 aromatic rings. The van der Waals surface area contributed by atoms with Crippen LogP contribution in [-0.2, 0) is 4.74 Å². The predicted octanol–water partition coefficient (Wildman–Crippen LogP) is 5.19. The molecule has 4 rings (SSSR count). The lowest BCUT2D eigenvalue weighted by atomic mass is 9.98. The highest BCUT2D eigenvalue weighted by Gasteiger charge is 2.24. The summed E-state index contributed by atoms with van der Waals surface area (Å²) in [4.78, 5) is 17.0. The standard InChI is InChI=1S/C25H18N2O3/c1-29-24-22(15-26)19(16-9-5-3-6-10-16)14-23(27-24)20-13-21(25(28)30-2)18-12-8-4-7-11-17(18)20/h3-14H,1-2H3. The molecule has 0 bridgehead atoms. The molecule has 5 heteroatoms. The van der Waals surface area contributed by atoms with Crippen molar-refractivity contribution in [2.75, 3.05) is 14.2 Å². The van der Waals surface area contributed by atoms with Crippen molar-refractivity contribution in [2.45, 2.75) is 0 Å². The maximum absolute atomic E-state index is 12.4. The molecule has 0 amide bonds. The van der Waals surface area contributed by atoms with E-state index in [1.54, 1.807) is 6.07 Å². The second-order valence-electron chi connectivity index (χ2n) is 6.62. The molecule has 0 N–H and O–H groups in total. The van der Waals surface area contributed by atoms with Crippen molar-refractivity contribution < 1.29 is 14.3 Å². The van der Waals surface area contributed by atoms with Gasteiger partial charge in [0.25, 0.3) is 0 Å². The van der Waals surface area contributed by atoms with Crippen LogP contribution in [0.1, 0.15) is 15.9 Å². The maximum Gasteiger partial charge on any atom is 0.338 e. The molecule has 0 saturated carbocycles. The molecular formula is C25H18N2O3. The smallest absolute Gasteiger partial charge is 0.338 e. The quantitative estimate of drug-likeness (QED) is 0.446. The molecule has 146 valence electrons. The number of rotatable bonds is 4. The third-order valence-corrected chi connectivity index (χ3v) is 4.96. The highest BCUT2D eigenvalue weighted by molar-refractivity contribution is 6.04. The van der Waals surface area contributed by atoms with Crippen molar-refractivity contribution in [3.8, 4) is 45.5 Å². The average Bonchev–Trinajstić information content (AvgIpc) is 2.98. The zero-order valence-corrected chi connectivity index (χ0v) is 16.5. The number of hydrogen-bond donors (Lipinski definition) is 0. The van der Waals surface area contributed by atoms with Crippen molar-refractivity contribution in [3.05, 3.63) is 83.9 Å². The molecule has 30 heavy (non-hydrogen) atoms. The first-order valence-electron chi connectivity index (χ1n) is 9.33. The minimum absolute atomic E-state index is 0.239. The molecule has 2 aliphatic rings. The zero-order chi connectivity index (χ0) is 21.1. The van der Waals surface area contributed by atoms with Crippen LogP contribution < -0.4 is 4.74 Å². The molecule has 0 saturated heterocycles. The van der Waals surface area contributed by atoms with Crippen LogP contribution in [0.3, 0.4) is 0 Å². The lowest BCUT2D eigenvalue weighted by molar-refractivity contribution is 0.0602. The summed E-state index contributed by atoms with van der Waals surface area (Å²) in [5.41, 5.74) is 5.43. The molecule has 0 atom stereocenters. The number of methoxy groups -OCH3 is 2. The van der Waals surface area contributed by atoms with Crippen molar-refractivity contribution in [2.24, 2.45) is 0 Å². The molecule has 1 aromatic carbocycles. The molecule has 0 radical (unpaired) electrons. The van der Waals surface area contributed by atoms with Crippen molar-refractivity contribution in [1.82, 2.24) is 4.98 Å². The second kappa shape index (κ2) is 8.06. The van der Waals surface area contributed by atoms with Gasteiger partial charge in [0.05, 0.1) is 25.5 Å². The van der Waals surface area contributed by atoms with Gasteiger partial charge in [-0.2, -0.15) is 5.26 Å². The third kappa shape index (κ3) is 3.25. The van der Waals surface area contributed by atoms with Gasteiger partial charge in [0.2, 0.25) is 5.88 Å². The molecular weight excluding hydrogens is 376 g/mol. The monoisotopic (exact) mass is 394 g/mol. The van der Waals surface area contributed by atoms with Crippen LogP contribution in [0.2, 0.25) is 0 Å². The van der Waals surface area contributed by atoms with Crippen LogP contribution in [0.4, 0.5) is 0 Å². The number of benzene rings is 1. The first kappa shape index (κ1) is 19.2. The summed E-state index contributed by atoms with van der Waals surface area (Å²) in [5.74, 6) is -0.176. The average molecular weight is 394 g/mol. The van der Waals surface area contributed by atoms with Crippen molar-refractivity contribution in [3.63, 3.8) is 0 Å². The number of pyridine rings is 1. The van der Waals surface area contributed by atoms with Crippen LogP contribution in [0.15, 0.2) is 72.8 Å². The van der Waals surface area contributed by atoms with E-state index in [4.69, 9.17) is 9.47 Å². The first-order chi connectivity index (χ1) is 14.7. The van der Waals surface area contributed by atoms with Crippen LogP contribution in [0.25, 0.3) is 33.5 Å². The number of ether oxygens (including phenoxy) is 2. The minimum Gasteiger partial charge on any atom is -0.480 e. The lowest BCUT2D eigenvalue weighted by Gasteiger charge is -2.12. The normalized spacial score (nSPS) is 10.4. The Bertz CT molecular complexity index is 1240. The Morgan fingerprint density at radius 3 is 2.17 bits per heavy atom. The number of nitrogens with zero attached hydrogens (tertiary/aromatic N) is 2. The number of carbonyl (C=O) groups excluding carboxylic acids is 1. The van der Waals surface area contributed by atoms with E-state index in [9.17, 15) is 10.1 Å². The SMILES string of the molecule is COC(=O)c1cc(-c2cc(-c3ccccc3)c(C#N)c(OC)n2)c2cccccc1-2. The lowest BCUT2D eigenvalue weighted by Crippen LogP contribution is -2.00. The summed E-state index contributed by atoms with van der Waals surface area (Å²) in [5, 5.41) is 9.74. The van der Waals surface area contributed by atoms with Gasteiger partial charge >= 0.3 is 5.97 Å². The summed E-state index contributed by atoms with van der Waals surface area (Å²) in [6.07, 6.45) is 0. The number of nitriles is 1. The number of esters is 1. The van der Waals surface area contributed by atoms with E-state index in [1.807, 2.05) is 66.7 Å². The largest absolute Gasteiger partial charge is 0.480 e. The van der Waals surface area contributed by atoms with Crippen LogP contribution in [0, 0.1) is 11.3 Å². The highest BCUT2D eigenvalue weighted by atomic mass is 16.5. The van der Waals surface area contributed by atoms with E-state index < -0.39 is 5.97 Å². The Hall–Kier alpha value is -4.17. The Balaban J connectivity index is 2.02. The number of aromatic nitrogens is 1. The Labute approximate surface area is 174 Å². The summed E-state index contributed by atoms with van der Waals surface area (Å²) >= 11 is 0. The van der Waals surface area contributed by atoms with E-state index in [1.165, 1.54) is 14.2 Å². The molecule has 0 unspecified atom stereocenters. The highest BCUT2D eigenvalue weighted by Crippen LogP contribution is 2.41. The Morgan fingerprint density at radius 2 is 1.53 bits per heavy atom. The van der Waals surface area contributed by atoms with Crippen molar-refractivity contribution in [1.29, 1.82) is 5.26 Å². The number of carbonyl (C=O) groups is 1. The molecule has 0 fully saturated rings. The van der Waals surface area contributed by atoms with Gasteiger partial charge in [-0.05, 0) is 28.8 Å². The molecule has 5 nitrogen and oxygen atoms in total. The fraction of sp³-hybridized carbons (Fsp3) is 0.0800. The van der Waals surface area contributed by atoms with Crippen LogP contribution in [-0.4, -0.2) is 25.2 Å². The van der Waals surface area contributed by atoms with Gasteiger partial charge in [-0.15, -0.1) is 0 Å². The van der Waals surface area contributed by atoms with Gasteiger partial charge in [-0.25, -0.2) is 9.78 Å². The molecule has 2 aliphatic carbocycles. The third-order valence-electron chi connectivity index (χ3n) is 4.96. The summed E-state index contributed by atoms with van der Waals surface area (Å²) in [6, 6.07) is 24.9. The zero-order valence-electron chi connectivity index (χ0n) is 16.5. The van der Waals surface area contributed by atoms with Gasteiger partial charge in [-0.3, -0.25) is 0 Å². The number of fused-ring (bicyclic) bond motifs is 1. The summed E-state index contributed by atoms with van der Waals surface area (Å²) in [6.45, 7) is 0. The first-order valence-corrected chi connectivity index (χ1v) is 9.33. The van der Waals surface area contributed by atoms with Gasteiger partial charge in [0.15, 0.2) is 0 Å². The fourth-order valence-corrected chi connectivity index (χ4v) is 3.57. The van der Waals surface area contributed by atoms with E-state index in [-0.39, 0.29) is 5.88 Å². The molecule has 0 spiro atoms. The van der Waals surface area contributed by atoms with E-state index in [0.29, 0.717) is 22.4 Å². The fourth-order valence-electron chi connectivity index (χ4n) is 3.57. The molecule has 1 aromatic heterocycles. The molecule has 1 heterocycles. The summed E-state index contributed by atoms with van der Waals surface area (Å²) < 4.78 is 10.4. The van der Waals surface area contributed by atoms with Gasteiger partial charge < -0.3 is 9.47 Å².